The van der Waals surface area contributed by atoms with Crippen molar-refractivity contribution in [1.29, 1.82) is 0 Å². The third-order valence-electron chi connectivity index (χ3n) is 3.01. The van der Waals surface area contributed by atoms with E-state index in [0.717, 1.165) is 21.1 Å². The number of hydrogen-bond acceptors (Lipinski definition) is 3. The molecule has 1 N–H and O–H groups in total. The molecule has 0 aliphatic heterocycles. The number of aryl methyl sites for hydroxylation is 1. The molecule has 0 saturated heterocycles. The molecular formula is C14H13BrN2O2. The summed E-state index contributed by atoms with van der Waals surface area (Å²) in [5.41, 5.74) is 1.60. The van der Waals surface area contributed by atoms with Gasteiger partial charge in [-0.1, -0.05) is 12.1 Å². The van der Waals surface area contributed by atoms with E-state index in [2.05, 4.69) is 21.0 Å². The minimum absolute atomic E-state index is 0.443. The van der Waals surface area contributed by atoms with Gasteiger partial charge in [-0.15, -0.1) is 0 Å². The number of rotatable bonds is 3. The molecule has 1 unspecified atom stereocenters. The lowest BCUT2D eigenvalue weighted by atomic mass is 10.1. The monoisotopic (exact) mass is 320 g/mol. The van der Waals surface area contributed by atoms with Crippen molar-refractivity contribution >= 4 is 26.9 Å². The molecule has 5 heteroatoms. The Morgan fingerprint density at radius 3 is 2.95 bits per heavy atom. The first-order valence-corrected chi connectivity index (χ1v) is 6.77. The van der Waals surface area contributed by atoms with E-state index in [1.54, 1.807) is 4.68 Å². The highest BCUT2D eigenvalue weighted by atomic mass is 79.9. The molecule has 0 amide bonds. The normalized spacial score (nSPS) is 13.0. The van der Waals surface area contributed by atoms with Gasteiger partial charge < -0.3 is 9.52 Å². The molecule has 2 aromatic heterocycles. The maximum Gasteiger partial charge on any atom is 0.148 e. The molecule has 4 nitrogen and oxygen atoms in total. The summed E-state index contributed by atoms with van der Waals surface area (Å²) >= 11 is 3.44. The summed E-state index contributed by atoms with van der Waals surface area (Å²) in [4.78, 5) is 0. The summed E-state index contributed by atoms with van der Waals surface area (Å²) < 4.78 is 8.32. The van der Waals surface area contributed by atoms with E-state index in [1.807, 2.05) is 43.6 Å². The van der Waals surface area contributed by atoms with E-state index in [0.29, 0.717) is 12.2 Å². The standard InChI is InChI=1S/C14H13BrN2O2/c1-17-6-5-10(16-17)8-12(18)13-7-9-3-2-4-11(15)14(9)19-13/h2-7,12,18H,8H2,1H3. The molecule has 0 aliphatic carbocycles. The lowest BCUT2D eigenvalue weighted by molar-refractivity contribution is 0.151. The molecule has 0 saturated carbocycles. The van der Waals surface area contributed by atoms with Crippen molar-refractivity contribution < 1.29 is 9.52 Å². The molecule has 0 aliphatic rings. The van der Waals surface area contributed by atoms with Gasteiger partial charge in [0.15, 0.2) is 0 Å². The average molecular weight is 321 g/mol. The van der Waals surface area contributed by atoms with E-state index in [4.69, 9.17) is 4.42 Å². The van der Waals surface area contributed by atoms with Gasteiger partial charge in [0.2, 0.25) is 0 Å². The van der Waals surface area contributed by atoms with Crippen molar-refractivity contribution in [3.8, 4) is 0 Å². The summed E-state index contributed by atoms with van der Waals surface area (Å²) in [6.07, 6.45) is 1.62. The fourth-order valence-electron chi connectivity index (χ4n) is 2.08. The second-order valence-corrected chi connectivity index (χ2v) is 5.36. The lowest BCUT2D eigenvalue weighted by Gasteiger charge is -2.04. The van der Waals surface area contributed by atoms with E-state index in [-0.39, 0.29) is 0 Å². The Morgan fingerprint density at radius 2 is 2.26 bits per heavy atom. The fourth-order valence-corrected chi connectivity index (χ4v) is 2.54. The highest BCUT2D eigenvalue weighted by molar-refractivity contribution is 9.10. The van der Waals surface area contributed by atoms with Crippen molar-refractivity contribution in [3.05, 3.63) is 52.5 Å². The number of aliphatic hydroxyl groups excluding tert-OH is 1. The van der Waals surface area contributed by atoms with Gasteiger partial charge in [-0.25, -0.2) is 0 Å². The number of nitrogens with zero attached hydrogens (tertiary/aromatic N) is 2. The van der Waals surface area contributed by atoms with E-state index in [9.17, 15) is 5.11 Å². The van der Waals surface area contributed by atoms with Gasteiger partial charge >= 0.3 is 0 Å². The minimum atomic E-state index is -0.686. The van der Waals surface area contributed by atoms with Crippen LogP contribution in [-0.4, -0.2) is 14.9 Å². The van der Waals surface area contributed by atoms with Crippen LogP contribution in [0.3, 0.4) is 0 Å². The number of halogens is 1. The molecule has 1 atom stereocenters. The summed E-state index contributed by atoms with van der Waals surface area (Å²) in [7, 11) is 1.86. The second-order valence-electron chi connectivity index (χ2n) is 4.51. The summed E-state index contributed by atoms with van der Waals surface area (Å²) in [6, 6.07) is 9.58. The largest absolute Gasteiger partial charge is 0.457 e. The quantitative estimate of drug-likeness (QED) is 0.806. The van der Waals surface area contributed by atoms with Crippen LogP contribution in [0, 0.1) is 0 Å². The predicted octanol–water partition coefficient (Wildman–Crippen LogP) is 3.20. The van der Waals surface area contributed by atoms with Crippen molar-refractivity contribution in [1.82, 2.24) is 9.78 Å². The molecule has 1 aromatic carbocycles. The number of benzene rings is 1. The van der Waals surface area contributed by atoms with Crippen LogP contribution >= 0.6 is 15.9 Å². The molecule has 0 bridgehead atoms. The van der Waals surface area contributed by atoms with Crippen molar-refractivity contribution in [3.63, 3.8) is 0 Å². The summed E-state index contributed by atoms with van der Waals surface area (Å²) in [5, 5.41) is 15.4. The molecule has 0 spiro atoms. The Balaban J connectivity index is 1.89. The van der Waals surface area contributed by atoms with Gasteiger partial charge in [-0.05, 0) is 34.1 Å². The van der Waals surface area contributed by atoms with Crippen LogP contribution in [0.25, 0.3) is 11.0 Å². The highest BCUT2D eigenvalue weighted by Gasteiger charge is 2.16. The number of furan rings is 1. The first-order chi connectivity index (χ1) is 9.13. The molecule has 0 radical (unpaired) electrons. The number of aromatic nitrogens is 2. The van der Waals surface area contributed by atoms with Crippen LogP contribution in [0.15, 0.2) is 45.4 Å². The van der Waals surface area contributed by atoms with Crippen molar-refractivity contribution in [2.75, 3.05) is 0 Å². The average Bonchev–Trinajstić information content (AvgIpc) is 2.96. The molecule has 0 fully saturated rings. The Morgan fingerprint density at radius 1 is 1.42 bits per heavy atom. The lowest BCUT2D eigenvalue weighted by Crippen LogP contribution is -2.01. The van der Waals surface area contributed by atoms with E-state index < -0.39 is 6.10 Å². The number of fused-ring (bicyclic) bond motifs is 1. The second kappa shape index (κ2) is 4.83. The maximum atomic E-state index is 10.2. The van der Waals surface area contributed by atoms with Gasteiger partial charge in [0, 0.05) is 25.1 Å². The van der Waals surface area contributed by atoms with Crippen molar-refractivity contribution in [2.24, 2.45) is 7.05 Å². The Bertz CT molecular complexity index is 717. The van der Waals surface area contributed by atoms with Crippen LogP contribution < -0.4 is 0 Å². The number of para-hydroxylation sites is 1. The zero-order valence-corrected chi connectivity index (χ0v) is 12.0. The highest BCUT2D eigenvalue weighted by Crippen LogP contribution is 2.30. The van der Waals surface area contributed by atoms with Gasteiger partial charge in [0.05, 0.1) is 10.2 Å². The molecule has 2 heterocycles. The Hall–Kier alpha value is -1.59. The zero-order chi connectivity index (χ0) is 13.4. The fraction of sp³-hybridized carbons (Fsp3) is 0.214. The molecule has 19 heavy (non-hydrogen) atoms. The minimum Gasteiger partial charge on any atom is -0.457 e. The SMILES string of the molecule is Cn1ccc(CC(O)c2cc3cccc(Br)c3o2)n1. The van der Waals surface area contributed by atoms with Gasteiger partial charge in [0.1, 0.15) is 17.4 Å². The van der Waals surface area contributed by atoms with E-state index >= 15 is 0 Å². The topological polar surface area (TPSA) is 51.2 Å². The first-order valence-electron chi connectivity index (χ1n) is 5.98. The maximum absolute atomic E-state index is 10.2. The molecular weight excluding hydrogens is 308 g/mol. The number of hydrogen-bond donors (Lipinski definition) is 1. The Kier molecular flexibility index (Phi) is 3.16. The van der Waals surface area contributed by atoms with Crippen LogP contribution in [0.1, 0.15) is 17.6 Å². The Labute approximate surface area is 118 Å². The summed E-state index contributed by atoms with van der Waals surface area (Å²) in [5.74, 6) is 0.563. The van der Waals surface area contributed by atoms with Crippen LogP contribution in [-0.2, 0) is 13.5 Å². The number of aliphatic hydroxyl groups is 1. The summed E-state index contributed by atoms with van der Waals surface area (Å²) in [6.45, 7) is 0. The predicted molar refractivity (Wildman–Crippen MR) is 75.8 cm³/mol. The van der Waals surface area contributed by atoms with Crippen LogP contribution in [0.4, 0.5) is 0 Å². The molecule has 3 aromatic rings. The third kappa shape index (κ3) is 2.43. The third-order valence-corrected chi connectivity index (χ3v) is 3.64. The van der Waals surface area contributed by atoms with Crippen LogP contribution in [0.2, 0.25) is 0 Å². The van der Waals surface area contributed by atoms with E-state index in [1.165, 1.54) is 0 Å². The molecule has 3 rings (SSSR count). The van der Waals surface area contributed by atoms with Gasteiger partial charge in [-0.3, -0.25) is 4.68 Å². The van der Waals surface area contributed by atoms with Gasteiger partial charge in [-0.2, -0.15) is 5.10 Å². The van der Waals surface area contributed by atoms with Gasteiger partial charge in [0.25, 0.3) is 0 Å². The smallest absolute Gasteiger partial charge is 0.148 e. The zero-order valence-electron chi connectivity index (χ0n) is 10.4. The van der Waals surface area contributed by atoms with Crippen molar-refractivity contribution in [2.45, 2.75) is 12.5 Å². The van der Waals surface area contributed by atoms with Crippen LogP contribution in [0.5, 0.6) is 0 Å². The first kappa shape index (κ1) is 12.4. The molecule has 98 valence electrons.